The van der Waals surface area contributed by atoms with Crippen LogP contribution in [-0.2, 0) is 0 Å². The van der Waals surface area contributed by atoms with Crippen LogP contribution in [0.15, 0.2) is 130 Å². The van der Waals surface area contributed by atoms with Gasteiger partial charge in [-0.3, -0.25) is 0 Å². The second kappa shape index (κ2) is 35.4. The van der Waals surface area contributed by atoms with Crippen LogP contribution < -0.4 is 0 Å². The fourth-order valence-electron chi connectivity index (χ4n) is 11.2. The lowest BCUT2D eigenvalue weighted by Gasteiger charge is -2.40. The van der Waals surface area contributed by atoms with Gasteiger partial charge in [-0.25, -0.2) is 0 Å². The third-order valence-corrected chi connectivity index (χ3v) is 19.2. The van der Waals surface area contributed by atoms with Gasteiger partial charge in [-0.1, -0.05) is 222 Å². The summed E-state index contributed by atoms with van der Waals surface area (Å²) in [6, 6.07) is 0. The van der Waals surface area contributed by atoms with Gasteiger partial charge in [0, 0.05) is 0 Å². The molecular weight excluding hydrogens is 1020 g/mol. The van der Waals surface area contributed by atoms with Gasteiger partial charge in [0.2, 0.25) is 0 Å². The summed E-state index contributed by atoms with van der Waals surface area (Å²) in [5.74, 6) is 3.51. The SMILES string of the molecule is C=C1[C@H](O)CC(=C/C=C/C(C)/C(C)=C(/C)C(C)CCCC(C)(C)O)C[C@H]1O.C=C1[C@H](O)CC(=C/C=C/C(C)/C(C)=C(\C)C(C)CCCC(C)(C)O)C[C@H]1O.C=C1[C@H](O)CC(=C/C=C/C(C)C(C)(C)C(C)C(C)CCCC(C)(C)C)C[C@H]1O. The molecule has 8 N–H and O–H groups in total. The number of hydrogen-bond donors (Lipinski definition) is 8. The predicted molar refractivity (Wildman–Crippen MR) is 351 cm³/mol. The van der Waals surface area contributed by atoms with Crippen LogP contribution in [0.2, 0.25) is 0 Å². The predicted octanol–water partition coefficient (Wildman–Crippen LogP) is 16.9. The van der Waals surface area contributed by atoms with Crippen molar-refractivity contribution >= 4 is 0 Å². The van der Waals surface area contributed by atoms with E-state index in [1.807, 2.05) is 52.0 Å². The molecule has 0 heterocycles. The Kier molecular flexibility index (Phi) is 33.2. The largest absolute Gasteiger partial charge is 0.390 e. The maximum Gasteiger partial charge on any atom is 0.0809 e. The minimum Gasteiger partial charge on any atom is -0.390 e. The first kappa shape index (κ1) is 76.8. The van der Waals surface area contributed by atoms with E-state index in [0.717, 1.165) is 55.2 Å². The van der Waals surface area contributed by atoms with E-state index >= 15 is 0 Å². The number of hydrogen-bond acceptors (Lipinski definition) is 8. The lowest BCUT2D eigenvalue weighted by Crippen LogP contribution is -2.32. The molecule has 0 saturated heterocycles. The van der Waals surface area contributed by atoms with E-state index in [-0.39, 0.29) is 5.41 Å². The third kappa shape index (κ3) is 28.8. The van der Waals surface area contributed by atoms with Crippen molar-refractivity contribution in [1.29, 1.82) is 0 Å². The molecule has 0 spiro atoms. The van der Waals surface area contributed by atoms with Gasteiger partial charge in [-0.15, -0.1) is 0 Å². The molecule has 13 atom stereocenters. The Bertz CT molecular complexity index is 2080. The molecule has 0 amide bonds. The molecule has 3 saturated carbocycles. The van der Waals surface area contributed by atoms with Crippen LogP contribution >= 0.6 is 0 Å². The average Bonchev–Trinajstić information content (AvgIpc) is 3.49. The first-order valence-electron chi connectivity index (χ1n) is 31.6. The normalized spacial score (nSPS) is 24.9. The zero-order valence-electron chi connectivity index (χ0n) is 56.0. The highest BCUT2D eigenvalue weighted by atomic mass is 16.3. The Labute approximate surface area is 503 Å². The number of aliphatic hydroxyl groups excluding tert-OH is 6. The van der Waals surface area contributed by atoms with Gasteiger partial charge < -0.3 is 40.9 Å². The number of rotatable bonds is 24. The third-order valence-electron chi connectivity index (χ3n) is 19.2. The van der Waals surface area contributed by atoms with Crippen molar-refractivity contribution in [2.75, 3.05) is 0 Å². The van der Waals surface area contributed by atoms with E-state index in [1.54, 1.807) is 0 Å². The molecule has 8 heteroatoms. The Morgan fingerprint density at radius 3 is 1.00 bits per heavy atom. The highest BCUT2D eigenvalue weighted by Crippen LogP contribution is 2.42. The summed E-state index contributed by atoms with van der Waals surface area (Å²) < 4.78 is 0. The smallest absolute Gasteiger partial charge is 0.0809 e. The first-order chi connectivity index (χ1) is 37.6. The zero-order valence-corrected chi connectivity index (χ0v) is 56.0. The Hall–Kier alpha value is -3.18. The quantitative estimate of drug-likeness (QED) is 0.0443. The van der Waals surface area contributed by atoms with Gasteiger partial charge >= 0.3 is 0 Å². The molecule has 8 nitrogen and oxygen atoms in total. The lowest BCUT2D eigenvalue weighted by atomic mass is 9.65. The van der Waals surface area contributed by atoms with Crippen molar-refractivity contribution in [2.45, 2.75) is 283 Å². The summed E-state index contributed by atoms with van der Waals surface area (Å²) in [6.45, 7) is 55.4. The monoisotopic (exact) mass is 1140 g/mol. The highest BCUT2D eigenvalue weighted by molar-refractivity contribution is 5.30. The molecule has 0 radical (unpaired) electrons. The van der Waals surface area contributed by atoms with Crippen LogP contribution in [0.5, 0.6) is 0 Å². The Morgan fingerprint density at radius 1 is 0.439 bits per heavy atom. The summed E-state index contributed by atoms with van der Waals surface area (Å²) in [6.07, 6.45) is 28.3. The summed E-state index contributed by atoms with van der Waals surface area (Å²) in [4.78, 5) is 0. The topological polar surface area (TPSA) is 162 Å². The van der Waals surface area contributed by atoms with E-state index in [2.05, 4.69) is 161 Å². The summed E-state index contributed by atoms with van der Waals surface area (Å²) in [5.41, 5.74) is 9.92. The van der Waals surface area contributed by atoms with Crippen LogP contribution in [0, 0.1) is 52.3 Å². The molecular formula is C74H126O8. The van der Waals surface area contributed by atoms with Gasteiger partial charge in [0.25, 0.3) is 0 Å². The molecule has 0 aromatic heterocycles. The van der Waals surface area contributed by atoms with Crippen LogP contribution in [0.3, 0.4) is 0 Å². The molecule has 0 bridgehead atoms. The van der Waals surface area contributed by atoms with Crippen molar-refractivity contribution in [2.24, 2.45) is 52.3 Å². The molecule has 0 aromatic rings. The summed E-state index contributed by atoms with van der Waals surface area (Å²) in [5, 5.41) is 79.4. The standard InChI is InChI=1S/C26H46O2.2C24H40O3/c1-18(12-11-15-25(5,6)7)21(4)26(8,9)19(2)13-10-14-22-16-23(27)20(3)24(28)17-22;2*1-16(10-8-12-21-14-22(25)20(5)23(26)15-21)18(3)19(4)17(2)11-9-13-24(6,7)27/h10,13-14,18-19,21,23-24,27-28H,3,11-12,15-17H2,1-2,4-9H3;2*8,10,12,16-17,22-23,25-27H,5,9,11,13-15H2,1-4,6-7H3/b13-10+;10-8+,19-18+;10-8+,19-18-/t18?,19?,21?,23-,24-;2*16?,17?,22-,23-/m111/s1. The molecule has 3 fully saturated rings. The van der Waals surface area contributed by atoms with E-state index in [4.69, 9.17) is 0 Å². The van der Waals surface area contributed by atoms with E-state index < -0.39 is 47.8 Å². The molecule has 7 unspecified atom stereocenters. The molecule has 0 aromatic carbocycles. The average molecular weight is 1140 g/mol. The van der Waals surface area contributed by atoms with Gasteiger partial charge in [-0.05, 0) is 195 Å². The Balaban J connectivity index is 0.000000615. The zero-order chi connectivity index (χ0) is 63.2. The maximum atomic E-state index is 9.99. The maximum absolute atomic E-state index is 9.99. The minimum atomic E-state index is -0.639. The van der Waals surface area contributed by atoms with E-state index in [9.17, 15) is 40.9 Å². The van der Waals surface area contributed by atoms with Crippen LogP contribution in [0.1, 0.15) is 235 Å². The van der Waals surface area contributed by atoms with Gasteiger partial charge in [0.15, 0.2) is 0 Å². The fourth-order valence-corrected chi connectivity index (χ4v) is 11.2. The van der Waals surface area contributed by atoms with E-state index in [1.165, 1.54) is 41.6 Å². The lowest BCUT2D eigenvalue weighted by molar-refractivity contribution is 0.0667. The first-order valence-corrected chi connectivity index (χ1v) is 31.6. The summed E-state index contributed by atoms with van der Waals surface area (Å²) in [7, 11) is 0. The van der Waals surface area contributed by atoms with Crippen LogP contribution in [0.25, 0.3) is 0 Å². The van der Waals surface area contributed by atoms with Crippen molar-refractivity contribution in [3.63, 3.8) is 0 Å². The minimum absolute atomic E-state index is 0.218. The second-order valence-corrected chi connectivity index (χ2v) is 29.0. The van der Waals surface area contributed by atoms with Gasteiger partial charge in [-0.2, -0.15) is 0 Å². The van der Waals surface area contributed by atoms with Gasteiger partial charge in [0.1, 0.15) is 0 Å². The van der Waals surface area contributed by atoms with Crippen molar-refractivity contribution < 1.29 is 40.9 Å². The number of aliphatic hydroxyl groups is 8. The second-order valence-electron chi connectivity index (χ2n) is 29.0. The number of allylic oxidation sites excluding steroid dienone is 13. The molecule has 0 aliphatic heterocycles. The highest BCUT2D eigenvalue weighted by Gasteiger charge is 2.34. The molecule has 3 rings (SSSR count). The molecule has 3 aliphatic rings. The van der Waals surface area contributed by atoms with Crippen molar-refractivity contribution in [1.82, 2.24) is 0 Å². The van der Waals surface area contributed by atoms with Crippen molar-refractivity contribution in [3.05, 3.63) is 130 Å². The molecule has 3 aliphatic carbocycles. The Morgan fingerprint density at radius 2 is 0.720 bits per heavy atom. The van der Waals surface area contributed by atoms with Crippen LogP contribution in [-0.4, -0.2) is 88.7 Å². The van der Waals surface area contributed by atoms with Crippen molar-refractivity contribution in [3.8, 4) is 0 Å². The van der Waals surface area contributed by atoms with Crippen LogP contribution in [0.4, 0.5) is 0 Å². The van der Waals surface area contributed by atoms with E-state index in [0.29, 0.717) is 102 Å². The van der Waals surface area contributed by atoms with Gasteiger partial charge in [0.05, 0.1) is 47.8 Å². The fraction of sp³-hybridized carbons (Fsp3) is 0.703. The molecule has 470 valence electrons. The molecule has 82 heavy (non-hydrogen) atoms. The summed E-state index contributed by atoms with van der Waals surface area (Å²) >= 11 is 0.